The Balaban J connectivity index is 1.02. The highest BCUT2D eigenvalue weighted by Crippen LogP contribution is 2.63. The highest BCUT2D eigenvalue weighted by atomic mass is 16.5. The molecule has 0 bridgehead atoms. The summed E-state index contributed by atoms with van der Waals surface area (Å²) in [6.45, 7) is 4.79. The molecule has 1 aliphatic carbocycles. The summed E-state index contributed by atoms with van der Waals surface area (Å²) >= 11 is 0. The molecule has 0 fully saturated rings. The molecule has 3 heterocycles. The van der Waals surface area contributed by atoms with Crippen molar-refractivity contribution in [3.05, 3.63) is 240 Å². The van der Waals surface area contributed by atoms with Crippen LogP contribution < -0.4 is 9.64 Å². The van der Waals surface area contributed by atoms with E-state index in [1.165, 1.54) is 72.0 Å². The Kier molecular flexibility index (Phi) is 6.99. The number of benzene rings is 9. The predicted octanol–water partition coefficient (Wildman–Crippen LogP) is 15.0. The molecular formula is C58H40N2O. The normalized spacial score (nSPS) is 14.8. The molecule has 1 aromatic heterocycles. The van der Waals surface area contributed by atoms with Crippen LogP contribution in [0.1, 0.15) is 47.2 Å². The zero-order valence-electron chi connectivity index (χ0n) is 33.9. The van der Waals surface area contributed by atoms with E-state index in [4.69, 9.17) is 4.74 Å². The molecule has 3 nitrogen and oxygen atoms in total. The Morgan fingerprint density at radius 1 is 0.377 bits per heavy atom. The van der Waals surface area contributed by atoms with E-state index >= 15 is 0 Å². The molecule has 3 heteroatoms. The van der Waals surface area contributed by atoms with Crippen molar-refractivity contribution in [3.8, 4) is 39.4 Å². The van der Waals surface area contributed by atoms with Gasteiger partial charge in [-0.2, -0.15) is 0 Å². The topological polar surface area (TPSA) is 17.4 Å². The lowest BCUT2D eigenvalue weighted by atomic mass is 9.61. The van der Waals surface area contributed by atoms with Gasteiger partial charge >= 0.3 is 0 Å². The second-order valence-corrected chi connectivity index (χ2v) is 17.2. The Bertz CT molecular complexity index is 3350. The van der Waals surface area contributed by atoms with E-state index in [2.05, 4.69) is 230 Å². The Hall–Kier alpha value is -7.62. The smallest absolute Gasteiger partial charge is 0.132 e. The van der Waals surface area contributed by atoms with Crippen LogP contribution in [0.4, 0.5) is 17.1 Å². The summed E-state index contributed by atoms with van der Waals surface area (Å²) in [7, 11) is 0. The SMILES string of the molecule is CC1(C)c2cc(N3c4ccccc4C4(c5ccccc5Oc5ccccc54)c4cc(-c5ccccc5)ccc43)ccc2-c2ccc(-n3c4ccccc4c4ccccc43)cc21. The van der Waals surface area contributed by atoms with Crippen LogP contribution in [0.15, 0.2) is 206 Å². The van der Waals surface area contributed by atoms with E-state index in [0.717, 1.165) is 39.7 Å². The molecule has 9 aromatic carbocycles. The molecule has 2 aliphatic heterocycles. The van der Waals surface area contributed by atoms with Crippen LogP contribution in [-0.2, 0) is 10.8 Å². The molecule has 13 rings (SSSR count). The van der Waals surface area contributed by atoms with Gasteiger partial charge in [-0.3, -0.25) is 0 Å². The maximum Gasteiger partial charge on any atom is 0.132 e. The van der Waals surface area contributed by atoms with Crippen LogP contribution in [0, 0.1) is 0 Å². The van der Waals surface area contributed by atoms with Gasteiger partial charge in [0.05, 0.1) is 27.8 Å². The molecule has 0 atom stereocenters. The van der Waals surface area contributed by atoms with Crippen LogP contribution in [0.25, 0.3) is 49.7 Å². The first-order chi connectivity index (χ1) is 30.0. The zero-order chi connectivity index (χ0) is 40.5. The predicted molar refractivity (Wildman–Crippen MR) is 250 cm³/mol. The zero-order valence-corrected chi connectivity index (χ0v) is 33.9. The number of fused-ring (bicyclic) bond motifs is 14. The fraction of sp³-hybridized carbons (Fsp3) is 0.0690. The van der Waals surface area contributed by atoms with E-state index < -0.39 is 5.41 Å². The minimum Gasteiger partial charge on any atom is -0.457 e. The maximum absolute atomic E-state index is 6.72. The minimum absolute atomic E-state index is 0.245. The highest BCUT2D eigenvalue weighted by molar-refractivity contribution is 6.09. The van der Waals surface area contributed by atoms with Crippen molar-refractivity contribution in [1.29, 1.82) is 0 Å². The Labute approximate surface area is 355 Å². The number of ether oxygens (including phenoxy) is 1. The second-order valence-electron chi connectivity index (χ2n) is 17.2. The van der Waals surface area contributed by atoms with Crippen molar-refractivity contribution >= 4 is 38.9 Å². The summed E-state index contributed by atoms with van der Waals surface area (Å²) in [4.78, 5) is 2.51. The largest absolute Gasteiger partial charge is 0.457 e. The highest BCUT2D eigenvalue weighted by Gasteiger charge is 2.51. The number of para-hydroxylation sites is 5. The molecule has 0 N–H and O–H groups in total. The Morgan fingerprint density at radius 3 is 1.57 bits per heavy atom. The molecule has 0 radical (unpaired) electrons. The standard InChI is InChI=1S/C58H40N2O/c1-57(2)48-35-39(59-51-23-11-6-18-43(51)44-19-7-12-24-52(44)59)29-31-41(48)42-32-30-40(36-49(42)57)60-53-25-13-8-20-45(53)58(50-34-38(28-33-54(50)60)37-16-4-3-5-17-37)46-21-9-14-26-55(46)61-56-27-15-10-22-47(56)58/h3-36H,1-2H3. The van der Waals surface area contributed by atoms with Gasteiger partial charge in [0.15, 0.2) is 0 Å². The van der Waals surface area contributed by atoms with Crippen molar-refractivity contribution in [2.75, 3.05) is 4.90 Å². The van der Waals surface area contributed by atoms with E-state index in [-0.39, 0.29) is 5.41 Å². The van der Waals surface area contributed by atoms with Crippen LogP contribution in [0.2, 0.25) is 0 Å². The molecule has 3 aliphatic rings. The van der Waals surface area contributed by atoms with E-state index in [9.17, 15) is 0 Å². The first kappa shape index (κ1) is 34.3. The summed E-state index contributed by atoms with van der Waals surface area (Å²) in [5, 5.41) is 2.55. The molecule has 288 valence electrons. The molecule has 0 saturated carbocycles. The number of anilines is 3. The molecule has 0 saturated heterocycles. The second kappa shape index (κ2) is 12.5. The Morgan fingerprint density at radius 2 is 0.902 bits per heavy atom. The molecule has 1 spiro atoms. The van der Waals surface area contributed by atoms with Crippen molar-refractivity contribution in [3.63, 3.8) is 0 Å². The van der Waals surface area contributed by atoms with E-state index in [0.29, 0.717) is 0 Å². The number of aromatic nitrogens is 1. The fourth-order valence-corrected chi connectivity index (χ4v) is 11.1. The number of hydrogen-bond acceptors (Lipinski definition) is 2. The number of hydrogen-bond donors (Lipinski definition) is 0. The van der Waals surface area contributed by atoms with Gasteiger partial charge < -0.3 is 14.2 Å². The third-order valence-corrected chi connectivity index (χ3v) is 13.8. The summed E-state index contributed by atoms with van der Waals surface area (Å²) in [5.41, 5.74) is 18.7. The minimum atomic E-state index is -0.631. The van der Waals surface area contributed by atoms with E-state index in [1.54, 1.807) is 0 Å². The quantitative estimate of drug-likeness (QED) is 0.178. The van der Waals surface area contributed by atoms with E-state index in [1.807, 2.05) is 0 Å². The van der Waals surface area contributed by atoms with Crippen molar-refractivity contribution in [2.24, 2.45) is 0 Å². The van der Waals surface area contributed by atoms with Crippen LogP contribution >= 0.6 is 0 Å². The third-order valence-electron chi connectivity index (χ3n) is 13.8. The van der Waals surface area contributed by atoms with Crippen molar-refractivity contribution in [2.45, 2.75) is 24.7 Å². The summed E-state index contributed by atoms with van der Waals surface area (Å²) in [5.74, 6) is 1.77. The van der Waals surface area contributed by atoms with Gasteiger partial charge in [0.2, 0.25) is 0 Å². The number of rotatable bonds is 3. The van der Waals surface area contributed by atoms with Gasteiger partial charge in [-0.15, -0.1) is 0 Å². The van der Waals surface area contributed by atoms with Gasteiger partial charge in [-0.1, -0.05) is 153 Å². The lowest BCUT2D eigenvalue weighted by Gasteiger charge is -2.48. The first-order valence-corrected chi connectivity index (χ1v) is 21.3. The lowest BCUT2D eigenvalue weighted by Crippen LogP contribution is -2.39. The first-order valence-electron chi connectivity index (χ1n) is 21.3. The molecule has 0 amide bonds. The molecule has 10 aromatic rings. The van der Waals surface area contributed by atoms with Gasteiger partial charge in [0, 0.05) is 38.7 Å². The number of nitrogens with zero attached hydrogens (tertiary/aromatic N) is 2. The van der Waals surface area contributed by atoms with Gasteiger partial charge in [0.25, 0.3) is 0 Å². The summed E-state index contributed by atoms with van der Waals surface area (Å²) < 4.78 is 9.16. The van der Waals surface area contributed by atoms with Crippen LogP contribution in [0.3, 0.4) is 0 Å². The lowest BCUT2D eigenvalue weighted by molar-refractivity contribution is 0.434. The van der Waals surface area contributed by atoms with Gasteiger partial charge in [-0.05, 0) is 111 Å². The van der Waals surface area contributed by atoms with Crippen molar-refractivity contribution < 1.29 is 4.74 Å². The fourth-order valence-electron chi connectivity index (χ4n) is 11.1. The van der Waals surface area contributed by atoms with Crippen molar-refractivity contribution in [1.82, 2.24) is 4.57 Å². The maximum atomic E-state index is 6.72. The summed E-state index contributed by atoms with van der Waals surface area (Å²) in [6.07, 6.45) is 0. The molecule has 61 heavy (non-hydrogen) atoms. The summed E-state index contributed by atoms with van der Waals surface area (Å²) in [6, 6.07) is 75.9. The van der Waals surface area contributed by atoms with Crippen LogP contribution in [0.5, 0.6) is 11.5 Å². The molecular weight excluding hydrogens is 741 g/mol. The van der Waals surface area contributed by atoms with Gasteiger partial charge in [0.1, 0.15) is 11.5 Å². The monoisotopic (exact) mass is 780 g/mol. The average molecular weight is 781 g/mol. The van der Waals surface area contributed by atoms with Crippen LogP contribution in [-0.4, -0.2) is 4.57 Å². The van der Waals surface area contributed by atoms with Gasteiger partial charge in [-0.25, -0.2) is 0 Å². The molecule has 0 unspecified atom stereocenters. The third kappa shape index (κ3) is 4.58. The average Bonchev–Trinajstić information content (AvgIpc) is 3.76.